The molecule has 1 aliphatic carbocycles. The van der Waals surface area contributed by atoms with Gasteiger partial charge in [0.25, 0.3) is 0 Å². The molecule has 28 heavy (non-hydrogen) atoms. The minimum Gasteiger partial charge on any atom is -0.465 e. The summed E-state index contributed by atoms with van der Waals surface area (Å²) in [6.07, 6.45) is -0.825. The van der Waals surface area contributed by atoms with Crippen molar-refractivity contribution in [2.45, 2.75) is 63.7 Å². The Hall–Kier alpha value is -2.37. The maximum atomic E-state index is 12.2. The van der Waals surface area contributed by atoms with Gasteiger partial charge in [-0.3, -0.25) is 14.5 Å². The van der Waals surface area contributed by atoms with E-state index in [0.29, 0.717) is 0 Å². The van der Waals surface area contributed by atoms with Gasteiger partial charge in [0.15, 0.2) is 17.9 Å². The molecule has 4 atom stereocenters. The molecular weight excluding hydrogens is 372 g/mol. The van der Waals surface area contributed by atoms with Gasteiger partial charge in [0.2, 0.25) is 0 Å². The molecule has 3 rings (SSSR count). The quantitative estimate of drug-likeness (QED) is 0.352. The van der Waals surface area contributed by atoms with Crippen molar-refractivity contribution in [3.05, 3.63) is 28.2 Å². The number of ether oxygens (including phenoxy) is 1. The van der Waals surface area contributed by atoms with Gasteiger partial charge in [0.05, 0.1) is 0 Å². The Labute approximate surface area is 160 Å². The van der Waals surface area contributed by atoms with Crippen LogP contribution in [0, 0.1) is 5.41 Å². The molecule has 1 aliphatic heterocycles. The molecule has 5 N–H and O–H groups in total. The summed E-state index contributed by atoms with van der Waals surface area (Å²) in [6, 6.07) is 1.27. The number of aromatic nitrogens is 2. The van der Waals surface area contributed by atoms with E-state index in [1.54, 1.807) is 0 Å². The topological polar surface area (TPSA) is 161 Å². The van der Waals surface area contributed by atoms with Crippen molar-refractivity contribution in [3.8, 4) is 0 Å². The van der Waals surface area contributed by atoms with E-state index in [2.05, 4.69) is 10.1 Å². The lowest BCUT2D eigenvalue weighted by Crippen LogP contribution is -2.51. The number of hydrogen-bond donors (Lipinski definition) is 5. The number of nitrogens with one attached hydrogen (secondary N) is 1. The highest BCUT2D eigenvalue weighted by atomic mass is 16.6. The van der Waals surface area contributed by atoms with Gasteiger partial charge in [-0.2, -0.15) is 0 Å². The molecular formula is C17H26N4O7. The van der Waals surface area contributed by atoms with Gasteiger partial charge >= 0.3 is 11.8 Å². The summed E-state index contributed by atoms with van der Waals surface area (Å²) in [6.45, 7) is 2.17. The van der Waals surface area contributed by atoms with E-state index in [-0.39, 0.29) is 17.4 Å². The number of aromatic amines is 1. The normalized spacial score (nSPS) is 30.3. The molecule has 11 heteroatoms. The van der Waals surface area contributed by atoms with Crippen molar-refractivity contribution in [2.24, 2.45) is 10.6 Å². The van der Waals surface area contributed by atoms with Crippen molar-refractivity contribution in [2.75, 3.05) is 6.54 Å². The van der Waals surface area contributed by atoms with Crippen molar-refractivity contribution in [1.82, 2.24) is 14.5 Å². The second-order valence-electron chi connectivity index (χ2n) is 7.82. The highest BCUT2D eigenvalue weighted by Gasteiger charge is 2.49. The lowest BCUT2D eigenvalue weighted by atomic mass is 9.75. The summed E-state index contributed by atoms with van der Waals surface area (Å²) in [5.41, 5.74) is -1.07. The molecule has 0 aromatic carbocycles. The highest BCUT2D eigenvalue weighted by Crippen LogP contribution is 2.39. The first kappa shape index (κ1) is 20.4. The molecule has 2 aliphatic rings. The maximum absolute atomic E-state index is 12.2. The van der Waals surface area contributed by atoms with E-state index in [0.717, 1.165) is 41.6 Å². The molecule has 1 aromatic rings. The average molecular weight is 398 g/mol. The zero-order chi connectivity index (χ0) is 20.5. The van der Waals surface area contributed by atoms with Crippen LogP contribution in [-0.2, 0) is 4.74 Å². The number of nitrogens with zero attached hydrogens (tertiary/aromatic N) is 3. The zero-order valence-corrected chi connectivity index (χ0v) is 15.6. The van der Waals surface area contributed by atoms with Crippen LogP contribution < -0.4 is 11.2 Å². The summed E-state index contributed by atoms with van der Waals surface area (Å²) < 4.78 is 6.61. The highest BCUT2D eigenvalue weighted by molar-refractivity contribution is 5.65. The van der Waals surface area contributed by atoms with Gasteiger partial charge in [-0.1, -0.05) is 31.3 Å². The van der Waals surface area contributed by atoms with E-state index >= 15 is 0 Å². The number of aliphatic hydroxyl groups is 2. The van der Waals surface area contributed by atoms with Crippen molar-refractivity contribution >= 4 is 6.09 Å². The largest absolute Gasteiger partial charge is 0.465 e. The smallest absolute Gasteiger partial charge is 0.409 e. The number of amides is 1. The molecule has 11 nitrogen and oxygen atoms in total. The van der Waals surface area contributed by atoms with E-state index in [1.165, 1.54) is 12.3 Å². The molecule has 0 bridgehead atoms. The molecule has 0 spiro atoms. The third-order valence-corrected chi connectivity index (χ3v) is 5.62. The second kappa shape index (κ2) is 7.94. The van der Waals surface area contributed by atoms with Crippen molar-refractivity contribution in [1.29, 1.82) is 0 Å². The monoisotopic (exact) mass is 398 g/mol. The molecule has 1 aromatic heterocycles. The first-order valence-electron chi connectivity index (χ1n) is 9.26. The van der Waals surface area contributed by atoms with Crippen LogP contribution >= 0.6 is 0 Å². The Morgan fingerprint density at radius 1 is 1.36 bits per heavy atom. The Balaban J connectivity index is 1.85. The van der Waals surface area contributed by atoms with Crippen molar-refractivity contribution < 1.29 is 30.1 Å². The van der Waals surface area contributed by atoms with Crippen molar-refractivity contribution in [3.63, 3.8) is 0 Å². The van der Waals surface area contributed by atoms with E-state index < -0.39 is 36.4 Å². The van der Waals surface area contributed by atoms with Crippen LogP contribution in [0.5, 0.6) is 0 Å². The maximum Gasteiger partial charge on any atom is 0.409 e. The number of carboxylic acid groups (broad SMARTS) is 1. The van der Waals surface area contributed by atoms with Crippen LogP contribution in [0.4, 0.5) is 4.79 Å². The minimum atomic E-state index is -1.53. The predicted molar refractivity (Wildman–Crippen MR) is 94.2 cm³/mol. The average Bonchev–Trinajstić information content (AvgIpc) is 2.95. The Morgan fingerprint density at radius 2 is 2.04 bits per heavy atom. The van der Waals surface area contributed by atoms with Gasteiger partial charge in [0, 0.05) is 18.8 Å². The Morgan fingerprint density at radius 3 is 2.61 bits per heavy atom. The fraction of sp³-hybridized carbons (Fsp3) is 0.706. The molecule has 2 fully saturated rings. The molecule has 2 heterocycles. The first-order chi connectivity index (χ1) is 13.3. The van der Waals surface area contributed by atoms with Crippen LogP contribution in [0.1, 0.15) is 45.3 Å². The van der Waals surface area contributed by atoms with E-state index in [4.69, 9.17) is 9.94 Å². The van der Waals surface area contributed by atoms with E-state index in [9.17, 15) is 24.9 Å². The fourth-order valence-corrected chi connectivity index (χ4v) is 4.06. The fourth-order valence-electron chi connectivity index (χ4n) is 4.06. The van der Waals surface area contributed by atoms with Gasteiger partial charge in [-0.25, -0.2) is 9.59 Å². The van der Waals surface area contributed by atoms with Crippen LogP contribution in [-0.4, -0.2) is 66.1 Å². The molecule has 0 unspecified atom stereocenters. The molecule has 1 amide bonds. The standard InChI is InChI=1S/C17H26N4O7/c1-17(6-3-2-4-7-17)9-21(16(25)26)14-12(23)11(22)13(28-14)20-8-5-10(19-27)18-15(20)24/h5,8,11-14,22-23,27H,2-4,6-7,9H2,1H3,(H,25,26)(H,18,19,24)/t11-,12+,13-,14-/m1/s1. The Bertz CT molecular complexity index is 829. The molecule has 1 saturated heterocycles. The van der Waals surface area contributed by atoms with Crippen LogP contribution in [0.15, 0.2) is 22.2 Å². The van der Waals surface area contributed by atoms with Crippen LogP contribution in [0.25, 0.3) is 0 Å². The summed E-state index contributed by atoms with van der Waals surface area (Å²) >= 11 is 0. The Kier molecular flexibility index (Phi) is 5.77. The van der Waals surface area contributed by atoms with Gasteiger partial charge < -0.3 is 25.3 Å². The molecule has 0 radical (unpaired) electrons. The van der Waals surface area contributed by atoms with E-state index in [1.807, 2.05) is 6.92 Å². The molecule has 1 saturated carbocycles. The number of hydrogen-bond acceptors (Lipinski definition) is 7. The number of H-pyrrole nitrogens is 1. The zero-order valence-electron chi connectivity index (χ0n) is 15.6. The summed E-state index contributed by atoms with van der Waals surface area (Å²) in [5, 5.41) is 42.1. The first-order valence-corrected chi connectivity index (χ1v) is 9.26. The predicted octanol–water partition coefficient (Wildman–Crippen LogP) is -0.00660. The third kappa shape index (κ3) is 3.91. The second-order valence-corrected chi connectivity index (χ2v) is 7.82. The van der Waals surface area contributed by atoms with Crippen LogP contribution in [0.2, 0.25) is 0 Å². The third-order valence-electron chi connectivity index (χ3n) is 5.62. The SMILES string of the molecule is CC1(CN(C(=O)O)[C@@H]2O[C@@H](n3cc/c(=N/O)[nH]c3=O)[C@H](O)[C@@H]2O)CCCCC1. The number of carbonyl (C=O) groups is 1. The lowest BCUT2D eigenvalue weighted by molar-refractivity contribution is -0.107. The van der Waals surface area contributed by atoms with Crippen LogP contribution in [0.3, 0.4) is 0 Å². The number of rotatable bonds is 4. The van der Waals surface area contributed by atoms with Gasteiger partial charge in [-0.05, 0) is 18.3 Å². The minimum absolute atomic E-state index is 0.0942. The lowest BCUT2D eigenvalue weighted by Gasteiger charge is -2.39. The molecule has 156 valence electrons. The van der Waals surface area contributed by atoms with Gasteiger partial charge in [-0.15, -0.1) is 0 Å². The van der Waals surface area contributed by atoms with Gasteiger partial charge in [0.1, 0.15) is 12.2 Å². The summed E-state index contributed by atoms with van der Waals surface area (Å²) in [4.78, 5) is 27.3. The summed E-state index contributed by atoms with van der Waals surface area (Å²) in [5.74, 6) is 0. The number of aliphatic hydroxyl groups excluding tert-OH is 2. The summed E-state index contributed by atoms with van der Waals surface area (Å²) in [7, 11) is 0.